The molecular weight excluding hydrogens is 398 g/mol. The van der Waals surface area contributed by atoms with E-state index in [9.17, 15) is 31.9 Å². The standard InChI is InChI=1S/C19H15F4NO5/c20-13-9-14(21)17(23)18(16(13)22)29-15(26)5-7-28-8-6-24-19(27)12-3-1-11(10-25)2-4-12/h1-4,9-10H,5-8H2,(H,24,27). The molecule has 0 bridgehead atoms. The highest BCUT2D eigenvalue weighted by molar-refractivity contribution is 5.94. The number of aldehydes is 1. The maximum atomic E-state index is 13.4. The van der Waals surface area contributed by atoms with Gasteiger partial charge < -0.3 is 14.8 Å². The molecule has 2 aromatic rings. The lowest BCUT2D eigenvalue weighted by molar-refractivity contribution is -0.136. The molecule has 0 saturated heterocycles. The Morgan fingerprint density at radius 2 is 1.59 bits per heavy atom. The summed E-state index contributed by atoms with van der Waals surface area (Å²) in [6, 6.07) is 5.92. The Balaban J connectivity index is 1.69. The maximum absolute atomic E-state index is 13.4. The summed E-state index contributed by atoms with van der Waals surface area (Å²) < 4.78 is 62.3. The first-order valence-corrected chi connectivity index (χ1v) is 8.28. The predicted molar refractivity (Wildman–Crippen MR) is 91.5 cm³/mol. The van der Waals surface area contributed by atoms with Gasteiger partial charge in [0.2, 0.25) is 17.4 Å². The lowest BCUT2D eigenvalue weighted by Crippen LogP contribution is -2.27. The molecule has 2 rings (SSSR count). The van der Waals surface area contributed by atoms with Crippen LogP contribution in [0.3, 0.4) is 0 Å². The highest BCUT2D eigenvalue weighted by Crippen LogP contribution is 2.26. The van der Waals surface area contributed by atoms with E-state index in [2.05, 4.69) is 10.1 Å². The molecule has 0 fully saturated rings. The molecule has 1 amide bonds. The van der Waals surface area contributed by atoms with Crippen molar-refractivity contribution in [2.24, 2.45) is 0 Å². The molecular formula is C19H15F4NO5. The predicted octanol–water partition coefficient (Wildman–Crippen LogP) is 2.80. The van der Waals surface area contributed by atoms with Gasteiger partial charge in [0.25, 0.3) is 5.91 Å². The summed E-state index contributed by atoms with van der Waals surface area (Å²) in [4.78, 5) is 33.9. The molecule has 0 aromatic heterocycles. The smallest absolute Gasteiger partial charge is 0.313 e. The number of amides is 1. The third-order valence-electron chi connectivity index (χ3n) is 3.58. The van der Waals surface area contributed by atoms with E-state index in [1.54, 1.807) is 0 Å². The number of halogens is 4. The maximum Gasteiger partial charge on any atom is 0.313 e. The van der Waals surface area contributed by atoms with Crippen molar-refractivity contribution in [1.82, 2.24) is 5.32 Å². The summed E-state index contributed by atoms with van der Waals surface area (Å²) in [5.41, 5.74) is 0.767. The van der Waals surface area contributed by atoms with Gasteiger partial charge in [0.15, 0.2) is 11.6 Å². The van der Waals surface area contributed by atoms with E-state index in [4.69, 9.17) is 4.74 Å². The minimum Gasteiger partial charge on any atom is -0.420 e. The molecule has 0 spiro atoms. The number of carbonyl (C=O) groups is 3. The fourth-order valence-electron chi connectivity index (χ4n) is 2.12. The largest absolute Gasteiger partial charge is 0.420 e. The summed E-state index contributed by atoms with van der Waals surface area (Å²) in [6.45, 7) is -0.103. The van der Waals surface area contributed by atoms with Crippen LogP contribution in [0, 0.1) is 23.3 Å². The second kappa shape index (κ2) is 10.3. The first kappa shape index (κ1) is 22.0. The quantitative estimate of drug-likeness (QED) is 0.171. The van der Waals surface area contributed by atoms with E-state index >= 15 is 0 Å². The first-order valence-electron chi connectivity index (χ1n) is 8.28. The third-order valence-corrected chi connectivity index (χ3v) is 3.58. The van der Waals surface area contributed by atoms with E-state index in [1.807, 2.05) is 0 Å². The van der Waals surface area contributed by atoms with Gasteiger partial charge in [-0.3, -0.25) is 14.4 Å². The molecule has 6 nitrogen and oxygen atoms in total. The lowest BCUT2D eigenvalue weighted by Gasteiger charge is -2.09. The van der Waals surface area contributed by atoms with Gasteiger partial charge in [-0.05, 0) is 12.1 Å². The molecule has 2 aromatic carbocycles. The van der Waals surface area contributed by atoms with Crippen LogP contribution in [-0.4, -0.2) is 37.9 Å². The van der Waals surface area contributed by atoms with Gasteiger partial charge in [0.05, 0.1) is 19.6 Å². The molecule has 1 N–H and O–H groups in total. The van der Waals surface area contributed by atoms with E-state index in [-0.39, 0.29) is 25.8 Å². The van der Waals surface area contributed by atoms with Gasteiger partial charge in [-0.15, -0.1) is 0 Å². The van der Waals surface area contributed by atoms with Crippen molar-refractivity contribution in [3.63, 3.8) is 0 Å². The Bertz CT molecular complexity index is 876. The highest BCUT2D eigenvalue weighted by Gasteiger charge is 2.22. The molecule has 0 aliphatic heterocycles. The van der Waals surface area contributed by atoms with Crippen molar-refractivity contribution in [2.45, 2.75) is 6.42 Å². The van der Waals surface area contributed by atoms with Crippen molar-refractivity contribution >= 4 is 18.2 Å². The lowest BCUT2D eigenvalue weighted by atomic mass is 10.1. The Hall–Kier alpha value is -3.27. The van der Waals surface area contributed by atoms with Crippen LogP contribution < -0.4 is 10.1 Å². The van der Waals surface area contributed by atoms with E-state index in [0.29, 0.717) is 17.4 Å². The minimum absolute atomic E-state index is 0.00392. The van der Waals surface area contributed by atoms with Crippen molar-refractivity contribution in [3.05, 3.63) is 64.7 Å². The number of ether oxygens (including phenoxy) is 2. The number of benzene rings is 2. The van der Waals surface area contributed by atoms with Crippen molar-refractivity contribution in [1.29, 1.82) is 0 Å². The minimum atomic E-state index is -1.82. The highest BCUT2D eigenvalue weighted by atomic mass is 19.2. The number of esters is 1. The SMILES string of the molecule is O=Cc1ccc(C(=O)NCCOCCC(=O)Oc2c(F)c(F)cc(F)c2F)cc1. The number of rotatable bonds is 9. The van der Waals surface area contributed by atoms with Gasteiger partial charge in [-0.1, -0.05) is 12.1 Å². The third kappa shape index (κ3) is 6.11. The molecule has 0 atom stereocenters. The summed E-state index contributed by atoms with van der Waals surface area (Å²) >= 11 is 0. The van der Waals surface area contributed by atoms with Gasteiger partial charge in [-0.25, -0.2) is 8.78 Å². The van der Waals surface area contributed by atoms with Crippen molar-refractivity contribution in [3.8, 4) is 5.75 Å². The van der Waals surface area contributed by atoms with Gasteiger partial charge in [-0.2, -0.15) is 8.78 Å². The average Bonchev–Trinajstić information content (AvgIpc) is 2.72. The van der Waals surface area contributed by atoms with E-state index in [0.717, 1.165) is 0 Å². The van der Waals surface area contributed by atoms with Crippen LogP contribution in [0.15, 0.2) is 30.3 Å². The van der Waals surface area contributed by atoms with E-state index < -0.39 is 47.3 Å². The van der Waals surface area contributed by atoms with Crippen molar-refractivity contribution in [2.75, 3.05) is 19.8 Å². The van der Waals surface area contributed by atoms with Crippen molar-refractivity contribution < 1.29 is 41.4 Å². The molecule has 0 aliphatic carbocycles. The zero-order valence-electron chi connectivity index (χ0n) is 14.8. The van der Waals surface area contributed by atoms with Crippen LogP contribution in [-0.2, 0) is 9.53 Å². The Labute approximate surface area is 162 Å². The second-order valence-electron chi connectivity index (χ2n) is 5.63. The van der Waals surface area contributed by atoms with Crippen LogP contribution in [0.1, 0.15) is 27.1 Å². The monoisotopic (exact) mass is 413 g/mol. The Morgan fingerprint density at radius 3 is 2.17 bits per heavy atom. The summed E-state index contributed by atoms with van der Waals surface area (Å²) in [7, 11) is 0. The topological polar surface area (TPSA) is 81.7 Å². The average molecular weight is 413 g/mol. The molecule has 154 valence electrons. The fourth-order valence-corrected chi connectivity index (χ4v) is 2.12. The molecule has 0 saturated carbocycles. The Morgan fingerprint density at radius 1 is 0.966 bits per heavy atom. The summed E-state index contributed by atoms with van der Waals surface area (Å²) in [5, 5.41) is 2.54. The molecule has 29 heavy (non-hydrogen) atoms. The van der Waals surface area contributed by atoms with Crippen LogP contribution in [0.5, 0.6) is 5.75 Å². The Kier molecular flexibility index (Phi) is 7.84. The number of hydrogen-bond acceptors (Lipinski definition) is 5. The van der Waals surface area contributed by atoms with Crippen LogP contribution >= 0.6 is 0 Å². The molecule has 10 heteroatoms. The second-order valence-corrected chi connectivity index (χ2v) is 5.63. The van der Waals surface area contributed by atoms with E-state index in [1.165, 1.54) is 24.3 Å². The zero-order valence-corrected chi connectivity index (χ0v) is 14.8. The first-order chi connectivity index (χ1) is 13.8. The normalized spacial score (nSPS) is 10.5. The van der Waals surface area contributed by atoms with Gasteiger partial charge >= 0.3 is 5.97 Å². The van der Waals surface area contributed by atoms with Gasteiger partial charge in [0.1, 0.15) is 6.29 Å². The fraction of sp³-hybridized carbons (Fsp3) is 0.211. The molecule has 0 radical (unpaired) electrons. The number of hydrogen-bond donors (Lipinski definition) is 1. The molecule has 0 unspecified atom stereocenters. The van der Waals surface area contributed by atoms with Crippen LogP contribution in [0.4, 0.5) is 17.6 Å². The summed E-state index contributed by atoms with van der Waals surface area (Å²) in [5.74, 6) is -10.0. The molecule has 0 heterocycles. The van der Waals surface area contributed by atoms with Gasteiger partial charge in [0, 0.05) is 23.7 Å². The number of nitrogens with one attached hydrogen (secondary N) is 1. The molecule has 0 aliphatic rings. The zero-order chi connectivity index (χ0) is 21.4. The van der Waals surface area contributed by atoms with Crippen LogP contribution in [0.25, 0.3) is 0 Å². The van der Waals surface area contributed by atoms with Crippen LogP contribution in [0.2, 0.25) is 0 Å². The number of carbonyl (C=O) groups excluding carboxylic acids is 3. The summed E-state index contributed by atoms with van der Waals surface area (Å²) in [6.07, 6.45) is 0.201.